The lowest BCUT2D eigenvalue weighted by Gasteiger charge is -2.04. The summed E-state index contributed by atoms with van der Waals surface area (Å²) in [6, 6.07) is 1.88. The summed E-state index contributed by atoms with van der Waals surface area (Å²) in [7, 11) is 1.86. The maximum Gasteiger partial charge on any atom is 0.233 e. The van der Waals surface area contributed by atoms with Gasteiger partial charge in [-0.25, -0.2) is 4.98 Å². The van der Waals surface area contributed by atoms with Gasteiger partial charge >= 0.3 is 0 Å². The minimum atomic E-state index is 0.0904. The van der Waals surface area contributed by atoms with Gasteiger partial charge in [0.2, 0.25) is 11.8 Å². The fourth-order valence-electron chi connectivity index (χ4n) is 1.71. The molecule has 4 N–H and O–H groups in total. The van der Waals surface area contributed by atoms with Gasteiger partial charge in [-0.15, -0.1) is 5.10 Å². The molecular weight excluding hydrogens is 244 g/mol. The molecule has 102 valence electrons. The SMILES string of the molecule is CC(C)Oc1cc(Cc2cnc(N)nc2N)n(C)n1. The number of nitrogens with two attached hydrogens (primary N) is 2. The number of hydrogen-bond donors (Lipinski definition) is 2. The molecule has 0 atom stereocenters. The summed E-state index contributed by atoms with van der Waals surface area (Å²) in [6.45, 7) is 3.92. The van der Waals surface area contributed by atoms with E-state index in [0.717, 1.165) is 11.3 Å². The van der Waals surface area contributed by atoms with Crippen LogP contribution in [0.15, 0.2) is 12.3 Å². The molecule has 19 heavy (non-hydrogen) atoms. The van der Waals surface area contributed by atoms with Gasteiger partial charge in [-0.05, 0) is 13.8 Å². The Morgan fingerprint density at radius 2 is 2.11 bits per heavy atom. The second-order valence-electron chi connectivity index (χ2n) is 4.58. The topological polar surface area (TPSA) is 105 Å². The van der Waals surface area contributed by atoms with Crippen LogP contribution in [0.2, 0.25) is 0 Å². The summed E-state index contributed by atoms with van der Waals surface area (Å²) in [6.07, 6.45) is 2.30. The third-order valence-corrected chi connectivity index (χ3v) is 2.60. The zero-order valence-electron chi connectivity index (χ0n) is 11.3. The fourth-order valence-corrected chi connectivity index (χ4v) is 1.71. The normalized spacial score (nSPS) is 10.9. The number of ether oxygens (including phenoxy) is 1. The van der Waals surface area contributed by atoms with Crippen LogP contribution in [0.4, 0.5) is 11.8 Å². The highest BCUT2D eigenvalue weighted by atomic mass is 16.5. The zero-order chi connectivity index (χ0) is 14.0. The van der Waals surface area contributed by atoms with E-state index in [2.05, 4.69) is 15.1 Å². The second kappa shape index (κ2) is 5.13. The zero-order valence-corrected chi connectivity index (χ0v) is 11.3. The number of rotatable bonds is 4. The van der Waals surface area contributed by atoms with Gasteiger partial charge in [0.1, 0.15) is 5.82 Å². The van der Waals surface area contributed by atoms with Gasteiger partial charge in [-0.2, -0.15) is 4.98 Å². The molecule has 0 radical (unpaired) electrons. The van der Waals surface area contributed by atoms with Crippen molar-refractivity contribution in [3.8, 4) is 5.88 Å². The van der Waals surface area contributed by atoms with Crippen LogP contribution in [-0.2, 0) is 13.5 Å². The lowest BCUT2D eigenvalue weighted by Crippen LogP contribution is -2.06. The number of aromatic nitrogens is 4. The monoisotopic (exact) mass is 262 g/mol. The molecule has 0 unspecified atom stereocenters. The molecule has 0 amide bonds. The molecule has 0 bridgehead atoms. The van der Waals surface area contributed by atoms with Gasteiger partial charge in [-0.1, -0.05) is 0 Å². The minimum absolute atomic E-state index is 0.0904. The maximum atomic E-state index is 5.81. The van der Waals surface area contributed by atoms with Crippen LogP contribution in [0.25, 0.3) is 0 Å². The molecule has 0 aliphatic rings. The second-order valence-corrected chi connectivity index (χ2v) is 4.58. The summed E-state index contributed by atoms with van der Waals surface area (Å²) in [4.78, 5) is 7.88. The van der Waals surface area contributed by atoms with Gasteiger partial charge in [0, 0.05) is 37.0 Å². The number of anilines is 2. The van der Waals surface area contributed by atoms with Crippen molar-refractivity contribution in [3.05, 3.63) is 23.5 Å². The third-order valence-electron chi connectivity index (χ3n) is 2.60. The van der Waals surface area contributed by atoms with Crippen LogP contribution in [0.3, 0.4) is 0 Å². The molecule has 0 spiro atoms. The van der Waals surface area contributed by atoms with Crippen LogP contribution in [0, 0.1) is 0 Å². The molecule has 2 aromatic heterocycles. The molecule has 2 rings (SSSR count). The van der Waals surface area contributed by atoms with E-state index in [0.29, 0.717) is 18.1 Å². The first-order valence-corrected chi connectivity index (χ1v) is 6.02. The van der Waals surface area contributed by atoms with E-state index in [9.17, 15) is 0 Å². The van der Waals surface area contributed by atoms with E-state index in [1.807, 2.05) is 27.0 Å². The Kier molecular flexibility index (Phi) is 3.55. The molecule has 0 aliphatic heterocycles. The van der Waals surface area contributed by atoms with Crippen molar-refractivity contribution in [2.75, 3.05) is 11.5 Å². The number of hydrogen-bond acceptors (Lipinski definition) is 6. The average molecular weight is 262 g/mol. The first-order valence-electron chi connectivity index (χ1n) is 6.02. The van der Waals surface area contributed by atoms with Crippen LogP contribution >= 0.6 is 0 Å². The van der Waals surface area contributed by atoms with Crippen molar-refractivity contribution in [2.24, 2.45) is 7.05 Å². The molecule has 0 saturated heterocycles. The molecule has 0 saturated carbocycles. The first-order chi connectivity index (χ1) is 8.95. The van der Waals surface area contributed by atoms with Crippen LogP contribution in [0.5, 0.6) is 5.88 Å². The summed E-state index contributed by atoms with van der Waals surface area (Å²) in [5, 5.41) is 4.28. The van der Waals surface area contributed by atoms with Crippen LogP contribution in [0.1, 0.15) is 25.1 Å². The van der Waals surface area contributed by atoms with Crippen molar-refractivity contribution in [1.82, 2.24) is 19.7 Å². The standard InChI is InChI=1S/C12H18N6O/c1-7(2)19-10-5-9(18(3)17-10)4-8-6-15-12(14)16-11(8)13/h5-7H,4H2,1-3H3,(H4,13,14,15,16). The molecule has 0 aliphatic carbocycles. The smallest absolute Gasteiger partial charge is 0.233 e. The molecule has 2 heterocycles. The van der Waals surface area contributed by atoms with Crippen LogP contribution < -0.4 is 16.2 Å². The van der Waals surface area contributed by atoms with Crippen molar-refractivity contribution >= 4 is 11.8 Å². The van der Waals surface area contributed by atoms with E-state index in [-0.39, 0.29) is 12.1 Å². The van der Waals surface area contributed by atoms with Gasteiger partial charge in [0.25, 0.3) is 0 Å². The lowest BCUT2D eigenvalue weighted by molar-refractivity contribution is 0.230. The van der Waals surface area contributed by atoms with E-state index in [4.69, 9.17) is 16.2 Å². The summed E-state index contributed by atoms with van der Waals surface area (Å²) >= 11 is 0. The van der Waals surface area contributed by atoms with Gasteiger partial charge in [-0.3, -0.25) is 4.68 Å². The Morgan fingerprint density at radius 1 is 1.37 bits per heavy atom. The van der Waals surface area contributed by atoms with E-state index < -0.39 is 0 Å². The largest absolute Gasteiger partial charge is 0.474 e. The minimum Gasteiger partial charge on any atom is -0.474 e. The Balaban J connectivity index is 2.21. The molecule has 7 nitrogen and oxygen atoms in total. The maximum absolute atomic E-state index is 5.81. The predicted molar refractivity (Wildman–Crippen MR) is 72.6 cm³/mol. The van der Waals surface area contributed by atoms with Gasteiger partial charge in [0.15, 0.2) is 0 Å². The van der Waals surface area contributed by atoms with Crippen molar-refractivity contribution < 1.29 is 4.74 Å². The van der Waals surface area contributed by atoms with E-state index in [1.165, 1.54) is 0 Å². The highest BCUT2D eigenvalue weighted by Gasteiger charge is 2.11. The Morgan fingerprint density at radius 3 is 2.74 bits per heavy atom. The molecule has 0 aromatic carbocycles. The Labute approximate surface area is 111 Å². The number of nitrogens with zero attached hydrogens (tertiary/aromatic N) is 4. The third kappa shape index (κ3) is 3.12. The van der Waals surface area contributed by atoms with Crippen LogP contribution in [-0.4, -0.2) is 25.9 Å². The van der Waals surface area contributed by atoms with Crippen molar-refractivity contribution in [3.63, 3.8) is 0 Å². The summed E-state index contributed by atoms with van der Waals surface area (Å²) in [5.74, 6) is 1.16. The predicted octanol–water partition coefficient (Wildman–Crippen LogP) is 0.752. The molecule has 7 heteroatoms. The number of aryl methyl sites for hydroxylation is 1. The molecular formula is C12H18N6O. The van der Waals surface area contributed by atoms with Gasteiger partial charge < -0.3 is 16.2 Å². The number of nitrogen functional groups attached to an aromatic ring is 2. The average Bonchev–Trinajstić information content (AvgIpc) is 2.62. The van der Waals surface area contributed by atoms with Crippen molar-refractivity contribution in [1.29, 1.82) is 0 Å². The summed E-state index contributed by atoms with van der Waals surface area (Å²) in [5.41, 5.74) is 13.1. The van der Waals surface area contributed by atoms with Gasteiger partial charge in [0.05, 0.1) is 6.10 Å². The first kappa shape index (κ1) is 13.1. The Bertz CT molecular complexity index is 578. The van der Waals surface area contributed by atoms with Crippen molar-refractivity contribution in [2.45, 2.75) is 26.4 Å². The summed E-state index contributed by atoms with van der Waals surface area (Å²) < 4.78 is 7.31. The Hall–Kier alpha value is -2.31. The highest BCUT2D eigenvalue weighted by molar-refractivity contribution is 5.43. The quantitative estimate of drug-likeness (QED) is 0.842. The molecule has 2 aromatic rings. The molecule has 0 fully saturated rings. The van der Waals surface area contributed by atoms with E-state index >= 15 is 0 Å². The lowest BCUT2D eigenvalue weighted by atomic mass is 10.2. The fraction of sp³-hybridized carbons (Fsp3) is 0.417. The highest BCUT2D eigenvalue weighted by Crippen LogP contribution is 2.18. The van der Waals surface area contributed by atoms with E-state index in [1.54, 1.807) is 10.9 Å².